The number of hydrogen-bond acceptors (Lipinski definition) is 4. The maximum atomic E-state index is 12.4. The quantitative estimate of drug-likeness (QED) is 0.809. The summed E-state index contributed by atoms with van der Waals surface area (Å²) in [7, 11) is -2.27. The van der Waals surface area contributed by atoms with E-state index in [2.05, 4.69) is 20.7 Å². The summed E-state index contributed by atoms with van der Waals surface area (Å²) in [6.45, 7) is 1.82. The first-order valence-electron chi connectivity index (χ1n) is 6.06. The van der Waals surface area contributed by atoms with Gasteiger partial charge in [-0.05, 0) is 36.8 Å². The normalized spacial score (nSPS) is 11.2. The number of benzene rings is 2. The van der Waals surface area contributed by atoms with Crippen molar-refractivity contribution in [2.45, 2.75) is 11.8 Å². The monoisotopic (exact) mass is 370 g/mol. The van der Waals surface area contributed by atoms with Crippen LogP contribution in [0, 0.1) is 6.92 Å². The van der Waals surface area contributed by atoms with Gasteiger partial charge in [0.1, 0.15) is 10.6 Å². The van der Waals surface area contributed by atoms with Crippen LogP contribution in [0.25, 0.3) is 0 Å². The highest BCUT2D eigenvalue weighted by molar-refractivity contribution is 9.10. The summed E-state index contributed by atoms with van der Waals surface area (Å²) in [5.74, 6) is 0.505. The summed E-state index contributed by atoms with van der Waals surface area (Å²) >= 11 is 3.32. The predicted octanol–water partition coefficient (Wildman–Crippen LogP) is 3.15. The van der Waals surface area contributed by atoms with Gasteiger partial charge in [-0.25, -0.2) is 8.42 Å². The van der Waals surface area contributed by atoms with Crippen LogP contribution in [0.1, 0.15) is 5.56 Å². The van der Waals surface area contributed by atoms with E-state index in [0.29, 0.717) is 11.4 Å². The maximum Gasteiger partial charge on any atom is 0.263 e. The zero-order valence-corrected chi connectivity index (χ0v) is 14.0. The predicted molar refractivity (Wildman–Crippen MR) is 87.1 cm³/mol. The van der Waals surface area contributed by atoms with Crippen LogP contribution < -0.4 is 15.2 Å². The summed E-state index contributed by atoms with van der Waals surface area (Å²) in [5.41, 5.74) is 7.24. The first-order chi connectivity index (χ1) is 9.83. The minimum atomic E-state index is -3.76. The molecule has 0 aliphatic heterocycles. The second-order valence-electron chi connectivity index (χ2n) is 4.47. The van der Waals surface area contributed by atoms with E-state index in [4.69, 9.17) is 10.5 Å². The number of aryl methyl sites for hydroxylation is 1. The fourth-order valence-corrected chi connectivity index (χ4v) is 3.40. The highest BCUT2D eigenvalue weighted by Gasteiger charge is 2.19. The molecule has 7 heteroatoms. The van der Waals surface area contributed by atoms with Gasteiger partial charge in [0.25, 0.3) is 10.0 Å². The molecule has 0 bridgehead atoms. The van der Waals surface area contributed by atoms with Crippen LogP contribution in [0.4, 0.5) is 11.4 Å². The van der Waals surface area contributed by atoms with Gasteiger partial charge in [0.15, 0.2) is 0 Å². The van der Waals surface area contributed by atoms with Crippen molar-refractivity contribution >= 4 is 37.3 Å². The molecule has 0 aliphatic rings. The van der Waals surface area contributed by atoms with E-state index in [1.54, 1.807) is 12.1 Å². The van der Waals surface area contributed by atoms with Gasteiger partial charge in [0.2, 0.25) is 0 Å². The van der Waals surface area contributed by atoms with Crippen molar-refractivity contribution in [2.24, 2.45) is 0 Å². The molecular weight excluding hydrogens is 356 g/mol. The third kappa shape index (κ3) is 3.48. The van der Waals surface area contributed by atoms with Crippen LogP contribution in [0.5, 0.6) is 5.75 Å². The number of rotatable bonds is 4. The Hall–Kier alpha value is -1.73. The molecule has 0 saturated carbocycles. The molecule has 5 nitrogen and oxygen atoms in total. The molecule has 3 N–H and O–H groups in total. The van der Waals surface area contributed by atoms with E-state index in [1.165, 1.54) is 19.2 Å². The van der Waals surface area contributed by atoms with Crippen LogP contribution in [-0.2, 0) is 10.0 Å². The van der Waals surface area contributed by atoms with Gasteiger partial charge in [0, 0.05) is 10.5 Å². The van der Waals surface area contributed by atoms with Gasteiger partial charge in [-0.15, -0.1) is 0 Å². The van der Waals surface area contributed by atoms with Crippen LogP contribution in [0.2, 0.25) is 0 Å². The van der Waals surface area contributed by atoms with Crippen molar-refractivity contribution in [3.8, 4) is 5.75 Å². The number of ether oxygens (including phenoxy) is 1. The number of methoxy groups -OCH3 is 1. The lowest BCUT2D eigenvalue weighted by Crippen LogP contribution is -2.15. The third-order valence-corrected chi connectivity index (χ3v) is 4.88. The van der Waals surface area contributed by atoms with Gasteiger partial charge in [0.05, 0.1) is 18.5 Å². The van der Waals surface area contributed by atoms with Gasteiger partial charge >= 0.3 is 0 Å². The lowest BCUT2D eigenvalue weighted by atomic mass is 10.2. The molecule has 0 saturated heterocycles. The SMILES string of the molecule is COc1ccc(S(=O)(=O)Nc2cc(Br)ccc2C)c(N)c1. The van der Waals surface area contributed by atoms with E-state index in [-0.39, 0.29) is 10.6 Å². The number of sulfonamides is 1. The number of halogens is 1. The van der Waals surface area contributed by atoms with E-state index >= 15 is 0 Å². The Balaban J connectivity index is 2.41. The number of nitrogen functional groups attached to an aromatic ring is 1. The molecule has 0 heterocycles. The minimum Gasteiger partial charge on any atom is -0.497 e. The second kappa shape index (κ2) is 5.95. The van der Waals surface area contributed by atoms with Crippen molar-refractivity contribution in [3.05, 3.63) is 46.4 Å². The Bertz CT molecular complexity index is 776. The van der Waals surface area contributed by atoms with E-state index < -0.39 is 10.0 Å². The Kier molecular flexibility index (Phi) is 4.43. The molecule has 0 aliphatic carbocycles. The molecule has 2 aromatic rings. The first kappa shape index (κ1) is 15.7. The van der Waals surface area contributed by atoms with Gasteiger partial charge < -0.3 is 10.5 Å². The topological polar surface area (TPSA) is 81.4 Å². The fraction of sp³-hybridized carbons (Fsp3) is 0.143. The summed E-state index contributed by atoms with van der Waals surface area (Å²) in [6, 6.07) is 9.81. The van der Waals surface area contributed by atoms with E-state index in [1.807, 2.05) is 19.1 Å². The van der Waals surface area contributed by atoms with Gasteiger partial charge in [-0.1, -0.05) is 22.0 Å². The van der Waals surface area contributed by atoms with Crippen molar-refractivity contribution in [1.29, 1.82) is 0 Å². The molecule has 0 amide bonds. The summed E-state index contributed by atoms with van der Waals surface area (Å²) in [4.78, 5) is 0.0164. The second-order valence-corrected chi connectivity index (χ2v) is 7.03. The minimum absolute atomic E-state index is 0.0164. The highest BCUT2D eigenvalue weighted by atomic mass is 79.9. The fourth-order valence-electron chi connectivity index (χ4n) is 1.80. The zero-order chi connectivity index (χ0) is 15.6. The van der Waals surface area contributed by atoms with Crippen LogP contribution in [0.15, 0.2) is 45.8 Å². The third-order valence-electron chi connectivity index (χ3n) is 2.95. The van der Waals surface area contributed by atoms with Gasteiger partial charge in [-0.3, -0.25) is 4.72 Å². The van der Waals surface area contributed by atoms with Crippen LogP contribution in [0.3, 0.4) is 0 Å². The van der Waals surface area contributed by atoms with E-state index in [9.17, 15) is 8.42 Å². The number of anilines is 2. The maximum absolute atomic E-state index is 12.4. The summed E-state index contributed by atoms with van der Waals surface area (Å²) in [5, 5.41) is 0. The standard InChI is InChI=1S/C14H15BrN2O3S/c1-9-3-4-10(15)7-13(9)17-21(18,19)14-6-5-11(20-2)8-12(14)16/h3-8,17H,16H2,1-2H3. The molecule has 2 rings (SSSR count). The Morgan fingerprint density at radius 2 is 1.90 bits per heavy atom. The van der Waals surface area contributed by atoms with Crippen molar-refractivity contribution in [1.82, 2.24) is 0 Å². The largest absolute Gasteiger partial charge is 0.497 e. The van der Waals surface area contributed by atoms with Crippen LogP contribution in [-0.4, -0.2) is 15.5 Å². The lowest BCUT2D eigenvalue weighted by Gasteiger charge is -2.13. The number of nitrogens with one attached hydrogen (secondary N) is 1. The van der Waals surface area contributed by atoms with E-state index in [0.717, 1.165) is 10.0 Å². The smallest absolute Gasteiger partial charge is 0.263 e. The van der Waals surface area contributed by atoms with Crippen molar-refractivity contribution in [3.63, 3.8) is 0 Å². The molecule has 112 valence electrons. The number of nitrogens with two attached hydrogens (primary N) is 1. The van der Waals surface area contributed by atoms with Crippen LogP contribution >= 0.6 is 15.9 Å². The molecule has 0 atom stereocenters. The Labute approximate surface area is 132 Å². The number of hydrogen-bond donors (Lipinski definition) is 2. The molecule has 0 unspecified atom stereocenters. The Morgan fingerprint density at radius 1 is 1.19 bits per heavy atom. The van der Waals surface area contributed by atoms with Crippen molar-refractivity contribution < 1.29 is 13.2 Å². The van der Waals surface area contributed by atoms with Gasteiger partial charge in [-0.2, -0.15) is 0 Å². The molecule has 0 aromatic heterocycles. The summed E-state index contributed by atoms with van der Waals surface area (Å²) < 4.78 is 33.2. The highest BCUT2D eigenvalue weighted by Crippen LogP contribution is 2.28. The average molecular weight is 371 g/mol. The Morgan fingerprint density at radius 3 is 2.52 bits per heavy atom. The summed E-state index contributed by atoms with van der Waals surface area (Å²) in [6.07, 6.45) is 0. The zero-order valence-electron chi connectivity index (χ0n) is 11.6. The molecule has 0 fully saturated rings. The first-order valence-corrected chi connectivity index (χ1v) is 8.33. The molecule has 21 heavy (non-hydrogen) atoms. The molecular formula is C14H15BrN2O3S. The lowest BCUT2D eigenvalue weighted by molar-refractivity contribution is 0.414. The van der Waals surface area contributed by atoms with Crippen molar-refractivity contribution in [2.75, 3.05) is 17.6 Å². The average Bonchev–Trinajstić information content (AvgIpc) is 2.42. The molecule has 2 aromatic carbocycles. The molecule has 0 spiro atoms. The molecule has 0 radical (unpaired) electrons.